The number of carbonyl (C=O) groups excluding carboxylic acids is 2. The van der Waals surface area contributed by atoms with Crippen LogP contribution in [0.25, 0.3) is 0 Å². The molecule has 140 valence electrons. The summed E-state index contributed by atoms with van der Waals surface area (Å²) in [6, 6.07) is 5.72. The number of anilines is 1. The Bertz CT molecular complexity index is 757. The zero-order chi connectivity index (χ0) is 19.1. The number of aromatic nitrogens is 1. The minimum atomic E-state index is -3.02. The van der Waals surface area contributed by atoms with E-state index >= 15 is 0 Å². The highest BCUT2D eigenvalue weighted by Gasteiger charge is 2.15. The summed E-state index contributed by atoms with van der Waals surface area (Å²) in [5.41, 5.74) is 1.58. The van der Waals surface area contributed by atoms with E-state index < -0.39 is 25.1 Å². The molecule has 1 aromatic heterocycles. The molecule has 0 atom stereocenters. The van der Waals surface area contributed by atoms with Gasteiger partial charge in [-0.3, -0.25) is 9.59 Å². The fourth-order valence-corrected chi connectivity index (χ4v) is 2.26. The average molecular weight is 368 g/mol. The predicted octanol–water partition coefficient (Wildman–Crippen LogP) is 3.01. The quantitative estimate of drug-likeness (QED) is 0.721. The Kier molecular flexibility index (Phi) is 6.65. The Balaban J connectivity index is 1.81. The van der Waals surface area contributed by atoms with Gasteiger partial charge in [0.2, 0.25) is 0 Å². The second kappa shape index (κ2) is 8.93. The normalized spacial score (nSPS) is 10.7. The van der Waals surface area contributed by atoms with Crippen LogP contribution in [0.3, 0.4) is 0 Å². The molecule has 7 nitrogen and oxygen atoms in total. The number of benzene rings is 1. The van der Waals surface area contributed by atoms with Crippen molar-refractivity contribution in [1.82, 2.24) is 5.16 Å². The van der Waals surface area contributed by atoms with E-state index in [0.29, 0.717) is 17.9 Å². The van der Waals surface area contributed by atoms with Crippen molar-refractivity contribution in [1.29, 1.82) is 0 Å². The van der Waals surface area contributed by atoms with Crippen molar-refractivity contribution < 1.29 is 32.4 Å². The van der Waals surface area contributed by atoms with Gasteiger partial charge in [-0.2, -0.15) is 8.78 Å². The van der Waals surface area contributed by atoms with Gasteiger partial charge in [-0.25, -0.2) is 0 Å². The molecule has 0 aliphatic carbocycles. The lowest BCUT2D eigenvalue weighted by Gasteiger charge is -2.11. The maximum absolute atomic E-state index is 12.3. The third kappa shape index (κ3) is 5.54. The second-order valence-electron chi connectivity index (χ2n) is 5.39. The second-order valence-corrected chi connectivity index (χ2v) is 5.39. The van der Waals surface area contributed by atoms with Gasteiger partial charge in [0.25, 0.3) is 5.91 Å². The van der Waals surface area contributed by atoms with Gasteiger partial charge in [0.1, 0.15) is 11.5 Å². The maximum Gasteiger partial charge on any atom is 0.387 e. The van der Waals surface area contributed by atoms with Crippen molar-refractivity contribution in [3.63, 3.8) is 0 Å². The average Bonchev–Trinajstić information content (AvgIpc) is 2.90. The lowest BCUT2D eigenvalue weighted by atomic mass is 10.1. The smallest absolute Gasteiger partial charge is 0.387 e. The summed E-state index contributed by atoms with van der Waals surface area (Å²) in [5, 5.41) is 6.15. The SMILES string of the molecule is Cc1noc(C)c1CCC(=O)OCC(=O)Nc1ccccc1OC(F)F. The molecule has 0 bridgehead atoms. The van der Waals surface area contributed by atoms with E-state index in [0.717, 1.165) is 5.56 Å². The highest BCUT2D eigenvalue weighted by Crippen LogP contribution is 2.25. The molecule has 9 heteroatoms. The van der Waals surface area contributed by atoms with Gasteiger partial charge in [0.15, 0.2) is 6.61 Å². The first-order valence-electron chi connectivity index (χ1n) is 7.78. The molecule has 26 heavy (non-hydrogen) atoms. The van der Waals surface area contributed by atoms with Crippen molar-refractivity contribution in [3.8, 4) is 5.75 Å². The Hall–Kier alpha value is -2.97. The van der Waals surface area contributed by atoms with Crippen LogP contribution in [-0.4, -0.2) is 30.3 Å². The summed E-state index contributed by atoms with van der Waals surface area (Å²) in [4.78, 5) is 23.6. The number of aryl methyl sites for hydroxylation is 2. The first-order chi connectivity index (χ1) is 12.4. The highest BCUT2D eigenvalue weighted by molar-refractivity contribution is 5.94. The van der Waals surface area contributed by atoms with Gasteiger partial charge in [-0.05, 0) is 32.4 Å². The number of rotatable bonds is 8. The minimum absolute atomic E-state index is 0.0568. The maximum atomic E-state index is 12.3. The largest absolute Gasteiger partial charge is 0.456 e. The number of ether oxygens (including phenoxy) is 2. The number of alkyl halides is 2. The van der Waals surface area contributed by atoms with Crippen LogP contribution in [0.15, 0.2) is 28.8 Å². The number of esters is 1. The fraction of sp³-hybridized carbons (Fsp3) is 0.353. The summed E-state index contributed by atoms with van der Waals surface area (Å²) >= 11 is 0. The number of carbonyl (C=O) groups is 2. The highest BCUT2D eigenvalue weighted by atomic mass is 19.3. The van der Waals surface area contributed by atoms with Gasteiger partial charge < -0.3 is 19.3 Å². The van der Waals surface area contributed by atoms with E-state index in [1.165, 1.54) is 18.2 Å². The van der Waals surface area contributed by atoms with E-state index in [4.69, 9.17) is 9.26 Å². The molecule has 0 unspecified atom stereocenters. The van der Waals surface area contributed by atoms with E-state index in [9.17, 15) is 18.4 Å². The van der Waals surface area contributed by atoms with Crippen LogP contribution >= 0.6 is 0 Å². The summed E-state index contributed by atoms with van der Waals surface area (Å²) in [7, 11) is 0. The molecule has 2 rings (SSSR count). The fourth-order valence-electron chi connectivity index (χ4n) is 2.26. The van der Waals surface area contributed by atoms with Crippen LogP contribution in [0.2, 0.25) is 0 Å². The van der Waals surface area contributed by atoms with E-state index in [-0.39, 0.29) is 17.9 Å². The molecule has 0 saturated carbocycles. The van der Waals surface area contributed by atoms with E-state index in [1.54, 1.807) is 19.9 Å². The number of nitrogens with zero attached hydrogens (tertiary/aromatic N) is 1. The standard InChI is InChI=1S/C17H18F2N2O5/c1-10-12(11(2)26-21-10)7-8-16(23)24-9-15(22)20-13-5-3-4-6-14(13)25-17(18)19/h3-6,17H,7-9H2,1-2H3,(H,20,22). The Morgan fingerprint density at radius 2 is 2.00 bits per heavy atom. The zero-order valence-electron chi connectivity index (χ0n) is 14.3. The molecule has 0 aliphatic rings. The first kappa shape index (κ1) is 19.4. The molecule has 0 radical (unpaired) electrons. The molecule has 1 amide bonds. The molecule has 0 spiro atoms. The number of amides is 1. The molecule has 1 heterocycles. The topological polar surface area (TPSA) is 90.7 Å². The van der Waals surface area contributed by atoms with E-state index in [2.05, 4.69) is 15.2 Å². The molecule has 0 fully saturated rings. The van der Waals surface area contributed by atoms with Crippen LogP contribution in [0.5, 0.6) is 5.75 Å². The van der Waals surface area contributed by atoms with Crippen molar-refractivity contribution in [2.24, 2.45) is 0 Å². The molecule has 2 aromatic rings. The third-order valence-electron chi connectivity index (χ3n) is 3.50. The van der Waals surface area contributed by atoms with Crippen LogP contribution in [-0.2, 0) is 20.7 Å². The summed E-state index contributed by atoms with van der Waals surface area (Å²) < 4.78 is 38.9. The molecule has 1 aromatic carbocycles. The van der Waals surface area contributed by atoms with Crippen molar-refractivity contribution in [3.05, 3.63) is 41.3 Å². The molecule has 1 N–H and O–H groups in total. The Morgan fingerprint density at radius 3 is 2.65 bits per heavy atom. The van der Waals surface area contributed by atoms with Gasteiger partial charge in [-0.1, -0.05) is 17.3 Å². The predicted molar refractivity (Wildman–Crippen MR) is 87.0 cm³/mol. The van der Waals surface area contributed by atoms with Crippen LogP contribution < -0.4 is 10.1 Å². The summed E-state index contributed by atoms with van der Waals surface area (Å²) in [6.45, 7) is -0.0461. The molecule has 0 aliphatic heterocycles. The Morgan fingerprint density at radius 1 is 1.27 bits per heavy atom. The lowest BCUT2D eigenvalue weighted by Crippen LogP contribution is -2.21. The summed E-state index contributed by atoms with van der Waals surface area (Å²) in [5.74, 6) is -0.789. The number of halogens is 2. The zero-order valence-corrected chi connectivity index (χ0v) is 14.3. The van der Waals surface area contributed by atoms with Crippen molar-refractivity contribution in [2.75, 3.05) is 11.9 Å². The first-order valence-corrected chi connectivity index (χ1v) is 7.78. The molecular weight excluding hydrogens is 350 g/mol. The van der Waals surface area contributed by atoms with Gasteiger partial charge >= 0.3 is 12.6 Å². The number of hydrogen-bond acceptors (Lipinski definition) is 6. The number of hydrogen-bond donors (Lipinski definition) is 1. The van der Waals surface area contributed by atoms with Gasteiger partial charge in [0.05, 0.1) is 11.4 Å². The minimum Gasteiger partial charge on any atom is -0.456 e. The number of para-hydroxylation sites is 2. The van der Waals surface area contributed by atoms with Crippen molar-refractivity contribution in [2.45, 2.75) is 33.3 Å². The summed E-state index contributed by atoms with van der Waals surface area (Å²) in [6.07, 6.45) is 0.438. The van der Waals surface area contributed by atoms with Crippen LogP contribution in [0.4, 0.5) is 14.5 Å². The van der Waals surface area contributed by atoms with E-state index in [1.807, 2.05) is 0 Å². The van der Waals surface area contributed by atoms with Gasteiger partial charge in [0, 0.05) is 12.0 Å². The monoisotopic (exact) mass is 368 g/mol. The molecule has 0 saturated heterocycles. The third-order valence-corrected chi connectivity index (χ3v) is 3.50. The van der Waals surface area contributed by atoms with Gasteiger partial charge in [-0.15, -0.1) is 0 Å². The Labute approximate surface area is 148 Å². The lowest BCUT2D eigenvalue weighted by molar-refractivity contribution is -0.147. The number of nitrogens with one attached hydrogen (secondary N) is 1. The van der Waals surface area contributed by atoms with Crippen LogP contribution in [0, 0.1) is 13.8 Å². The van der Waals surface area contributed by atoms with Crippen LogP contribution in [0.1, 0.15) is 23.4 Å². The van der Waals surface area contributed by atoms with Crippen molar-refractivity contribution >= 4 is 17.6 Å². The molecular formula is C17H18F2N2O5.